The van der Waals surface area contributed by atoms with Gasteiger partial charge in [-0.3, -0.25) is 9.59 Å². The van der Waals surface area contributed by atoms with Crippen LogP contribution in [0.5, 0.6) is 0 Å². The number of hydrogen-bond acceptors (Lipinski definition) is 4. The van der Waals surface area contributed by atoms with E-state index < -0.39 is 0 Å². The number of nitrogens with one attached hydrogen (secondary N) is 2. The zero-order valence-corrected chi connectivity index (χ0v) is 15.8. The van der Waals surface area contributed by atoms with Crippen molar-refractivity contribution in [2.75, 3.05) is 6.54 Å². The van der Waals surface area contributed by atoms with Crippen LogP contribution in [-0.2, 0) is 4.79 Å². The molecular weight excluding hydrogens is 380 g/mol. The van der Waals surface area contributed by atoms with E-state index in [0.717, 1.165) is 18.5 Å². The number of benzene rings is 1. The fourth-order valence-electron chi connectivity index (χ4n) is 3.24. The summed E-state index contributed by atoms with van der Waals surface area (Å²) in [5.74, 6) is 0.301. The van der Waals surface area contributed by atoms with Gasteiger partial charge in [0.15, 0.2) is 11.5 Å². The first kappa shape index (κ1) is 18.3. The molecule has 0 bridgehead atoms. The van der Waals surface area contributed by atoms with E-state index >= 15 is 0 Å². The summed E-state index contributed by atoms with van der Waals surface area (Å²) >= 11 is 6.11. The van der Waals surface area contributed by atoms with Gasteiger partial charge in [0.05, 0.1) is 12.0 Å². The number of carbonyl (C=O) groups excluding carboxylic acids is 2. The molecule has 0 aliphatic carbocycles. The molecule has 0 spiro atoms. The van der Waals surface area contributed by atoms with Crippen LogP contribution in [0.15, 0.2) is 53.1 Å². The monoisotopic (exact) mass is 398 g/mol. The number of aromatic nitrogens is 2. The van der Waals surface area contributed by atoms with Gasteiger partial charge in [-0.15, -0.1) is 0 Å². The Labute approximate surface area is 166 Å². The Hall–Kier alpha value is -3.06. The Bertz CT molecular complexity index is 997. The largest absolute Gasteiger partial charge is 0.463 e. The first-order chi connectivity index (χ1) is 13.6. The topological polar surface area (TPSA) is 89.2 Å². The molecule has 28 heavy (non-hydrogen) atoms. The molecule has 1 aliphatic heterocycles. The summed E-state index contributed by atoms with van der Waals surface area (Å²) in [5, 5.41) is 10.8. The second-order valence-corrected chi connectivity index (χ2v) is 7.09. The average Bonchev–Trinajstić information content (AvgIpc) is 3.36. The van der Waals surface area contributed by atoms with Crippen molar-refractivity contribution in [3.05, 3.63) is 59.4 Å². The minimum Gasteiger partial charge on any atom is -0.463 e. The van der Waals surface area contributed by atoms with Crippen LogP contribution in [0.3, 0.4) is 0 Å². The molecule has 3 aromatic rings. The van der Waals surface area contributed by atoms with Gasteiger partial charge in [-0.25, -0.2) is 4.68 Å². The van der Waals surface area contributed by atoms with E-state index in [1.165, 1.54) is 0 Å². The lowest BCUT2D eigenvalue weighted by Crippen LogP contribution is -2.46. The van der Waals surface area contributed by atoms with E-state index in [1.54, 1.807) is 41.3 Å². The second-order valence-electron chi connectivity index (χ2n) is 6.65. The molecule has 1 fully saturated rings. The molecule has 3 heterocycles. The number of furan rings is 1. The fraction of sp³-hybridized carbons (Fsp3) is 0.250. The van der Waals surface area contributed by atoms with Gasteiger partial charge in [0.1, 0.15) is 5.69 Å². The fourth-order valence-corrected chi connectivity index (χ4v) is 3.42. The first-order valence-electron chi connectivity index (χ1n) is 9.07. The van der Waals surface area contributed by atoms with Gasteiger partial charge in [-0.1, -0.05) is 17.7 Å². The minimum absolute atomic E-state index is 0.0239. The Morgan fingerprint density at radius 1 is 1.32 bits per heavy atom. The number of amides is 2. The predicted octanol–water partition coefficient (Wildman–Crippen LogP) is 3.18. The van der Waals surface area contributed by atoms with Gasteiger partial charge < -0.3 is 15.1 Å². The van der Waals surface area contributed by atoms with E-state index in [0.29, 0.717) is 29.4 Å². The highest BCUT2D eigenvalue weighted by Gasteiger charge is 2.21. The quantitative estimate of drug-likeness (QED) is 0.690. The number of rotatable bonds is 5. The van der Waals surface area contributed by atoms with Crippen molar-refractivity contribution in [2.24, 2.45) is 0 Å². The summed E-state index contributed by atoms with van der Waals surface area (Å²) in [6.07, 6.45) is 3.79. The van der Waals surface area contributed by atoms with Crippen LogP contribution < -0.4 is 10.6 Å². The molecule has 1 aliphatic rings. The summed E-state index contributed by atoms with van der Waals surface area (Å²) in [6.45, 7) is 0.366. The van der Waals surface area contributed by atoms with Crippen LogP contribution in [-0.4, -0.2) is 34.2 Å². The van der Waals surface area contributed by atoms with E-state index in [-0.39, 0.29) is 23.6 Å². The first-order valence-corrected chi connectivity index (χ1v) is 9.45. The predicted molar refractivity (Wildman–Crippen MR) is 104 cm³/mol. The maximum absolute atomic E-state index is 12.6. The number of nitrogens with zero attached hydrogens (tertiary/aromatic N) is 2. The molecule has 0 unspecified atom stereocenters. The number of carbonyl (C=O) groups is 2. The molecule has 1 aromatic carbocycles. The average molecular weight is 399 g/mol. The molecule has 1 saturated heterocycles. The lowest BCUT2D eigenvalue weighted by Gasteiger charge is -2.23. The van der Waals surface area contributed by atoms with E-state index in [4.69, 9.17) is 16.0 Å². The summed E-state index contributed by atoms with van der Waals surface area (Å²) in [5.41, 5.74) is 1.62. The third-order valence-corrected chi connectivity index (χ3v) is 4.83. The highest BCUT2D eigenvalue weighted by Crippen LogP contribution is 2.25. The van der Waals surface area contributed by atoms with Crippen molar-refractivity contribution < 1.29 is 14.0 Å². The van der Waals surface area contributed by atoms with Crippen LogP contribution >= 0.6 is 11.6 Å². The molecule has 2 aromatic heterocycles. The van der Waals surface area contributed by atoms with Crippen LogP contribution in [0.2, 0.25) is 5.02 Å². The standard InChI is InChI=1S/C20H19ClN4O3/c21-13-4-1-6-15(10-13)25-17(18-7-3-9-28-18)11-16(24-25)20(27)22-12-14-5-2-8-19(26)23-14/h1,3-4,6-7,9-11,14H,2,5,8,12H2,(H,22,27)(H,23,26)/t14-/m1/s1. The summed E-state index contributed by atoms with van der Waals surface area (Å²) in [7, 11) is 0. The molecule has 8 heteroatoms. The summed E-state index contributed by atoms with van der Waals surface area (Å²) < 4.78 is 7.13. The Balaban J connectivity index is 1.58. The van der Waals surface area contributed by atoms with Crippen LogP contribution in [0.25, 0.3) is 17.1 Å². The summed E-state index contributed by atoms with van der Waals surface area (Å²) in [4.78, 5) is 24.1. The minimum atomic E-state index is -0.312. The molecule has 0 saturated carbocycles. The van der Waals surface area contributed by atoms with E-state index in [9.17, 15) is 9.59 Å². The molecule has 4 rings (SSSR count). The van der Waals surface area contributed by atoms with Crippen molar-refractivity contribution in [3.63, 3.8) is 0 Å². The SMILES string of the molecule is O=C1CCC[C@H](CNC(=O)c2cc(-c3ccco3)n(-c3cccc(Cl)c3)n2)N1. The lowest BCUT2D eigenvalue weighted by molar-refractivity contribution is -0.123. The maximum Gasteiger partial charge on any atom is 0.271 e. The Morgan fingerprint density at radius 3 is 2.96 bits per heavy atom. The zero-order valence-electron chi connectivity index (χ0n) is 15.0. The molecule has 1 atom stereocenters. The van der Waals surface area contributed by atoms with Gasteiger partial charge in [-0.2, -0.15) is 5.10 Å². The zero-order chi connectivity index (χ0) is 19.5. The normalized spacial score (nSPS) is 16.6. The van der Waals surface area contributed by atoms with Gasteiger partial charge in [0, 0.05) is 30.1 Å². The van der Waals surface area contributed by atoms with Gasteiger partial charge >= 0.3 is 0 Å². The Kier molecular flexibility index (Phi) is 5.16. The highest BCUT2D eigenvalue weighted by atomic mass is 35.5. The van der Waals surface area contributed by atoms with Crippen molar-refractivity contribution in [1.29, 1.82) is 0 Å². The van der Waals surface area contributed by atoms with E-state index in [1.807, 2.05) is 12.1 Å². The summed E-state index contributed by atoms with van der Waals surface area (Å²) in [6, 6.07) is 12.4. The third kappa shape index (κ3) is 3.94. The smallest absolute Gasteiger partial charge is 0.271 e. The molecule has 7 nitrogen and oxygen atoms in total. The lowest BCUT2D eigenvalue weighted by atomic mass is 10.0. The maximum atomic E-state index is 12.6. The van der Waals surface area contributed by atoms with Crippen molar-refractivity contribution >= 4 is 23.4 Å². The molecule has 2 N–H and O–H groups in total. The second kappa shape index (κ2) is 7.90. The molecular formula is C20H19ClN4O3. The molecule has 0 radical (unpaired) electrons. The van der Waals surface area contributed by atoms with Crippen LogP contribution in [0, 0.1) is 0 Å². The number of piperidine rings is 1. The molecule has 2 amide bonds. The van der Waals surface area contributed by atoms with Crippen LogP contribution in [0.1, 0.15) is 29.8 Å². The molecule has 144 valence electrons. The number of halogens is 1. The van der Waals surface area contributed by atoms with Gasteiger partial charge in [0.2, 0.25) is 5.91 Å². The van der Waals surface area contributed by atoms with Crippen molar-refractivity contribution in [3.8, 4) is 17.1 Å². The number of hydrogen-bond donors (Lipinski definition) is 2. The van der Waals surface area contributed by atoms with E-state index in [2.05, 4.69) is 15.7 Å². The van der Waals surface area contributed by atoms with Crippen molar-refractivity contribution in [2.45, 2.75) is 25.3 Å². The highest BCUT2D eigenvalue weighted by molar-refractivity contribution is 6.30. The van der Waals surface area contributed by atoms with Gasteiger partial charge in [-0.05, 0) is 43.2 Å². The Morgan fingerprint density at radius 2 is 2.21 bits per heavy atom. The third-order valence-electron chi connectivity index (χ3n) is 4.60. The van der Waals surface area contributed by atoms with Crippen molar-refractivity contribution in [1.82, 2.24) is 20.4 Å². The van der Waals surface area contributed by atoms with Crippen LogP contribution in [0.4, 0.5) is 0 Å². The van der Waals surface area contributed by atoms with Gasteiger partial charge in [0.25, 0.3) is 5.91 Å².